The van der Waals surface area contributed by atoms with Gasteiger partial charge in [-0.05, 0) is 84.6 Å². The number of nitrogens with two attached hydrogens (primary N) is 1. The number of rotatable bonds is 4. The van der Waals surface area contributed by atoms with Crippen molar-refractivity contribution in [1.82, 2.24) is 15.0 Å². The molecule has 7 aromatic rings. The predicted molar refractivity (Wildman–Crippen MR) is 165 cm³/mol. The summed E-state index contributed by atoms with van der Waals surface area (Å²) >= 11 is 0. The van der Waals surface area contributed by atoms with E-state index in [9.17, 15) is 22.4 Å². The fraction of sp³-hybridized carbons (Fsp3) is 0.0588. The molecular formula is C34H23F4N5O3. The number of nitrogen functional groups attached to an aromatic ring is 1. The average Bonchev–Trinajstić information content (AvgIpc) is 3.56. The highest BCUT2D eigenvalue weighted by molar-refractivity contribution is 6.04. The molecule has 5 aromatic heterocycles. The highest BCUT2D eigenvalue weighted by Crippen LogP contribution is 2.31. The monoisotopic (exact) mass is 625 g/mol. The second-order valence-corrected chi connectivity index (χ2v) is 10.3. The fourth-order valence-electron chi connectivity index (χ4n) is 4.93. The number of pyridine rings is 3. The molecule has 3 N–H and O–H groups in total. The number of nitrogens with one attached hydrogen (secondary N) is 1. The van der Waals surface area contributed by atoms with Gasteiger partial charge in [-0.1, -0.05) is 0 Å². The Balaban J connectivity index is 0.000000178. The highest BCUT2D eigenvalue weighted by atomic mass is 19.1. The summed E-state index contributed by atoms with van der Waals surface area (Å²) in [5.41, 5.74) is 11.2. The number of nitrogens with zero attached hydrogens (tertiary/aromatic N) is 3. The van der Waals surface area contributed by atoms with Gasteiger partial charge in [0, 0.05) is 46.4 Å². The zero-order valence-corrected chi connectivity index (χ0v) is 24.2. The number of benzene rings is 2. The molecule has 12 heteroatoms. The molecule has 0 fully saturated rings. The quantitative estimate of drug-likeness (QED) is 0.189. The minimum atomic E-state index is -1.06. The Bertz CT molecular complexity index is 2210. The number of carbonyl (C=O) groups excluding carboxylic acids is 1. The van der Waals surface area contributed by atoms with Crippen LogP contribution < -0.4 is 11.1 Å². The Morgan fingerprint density at radius 1 is 0.696 bits per heavy atom. The first kappa shape index (κ1) is 30.0. The van der Waals surface area contributed by atoms with Crippen LogP contribution >= 0.6 is 0 Å². The SMILES string of the molecule is Cc1cc2oc(F)cc2cc1-c1ccc(N)nc1.Cc1cc2oc(F)cc2cc1-c1ccc(NC(=O)c2c(F)cncc2F)nc1. The molecule has 0 aliphatic rings. The summed E-state index contributed by atoms with van der Waals surface area (Å²) in [5, 5.41) is 3.69. The van der Waals surface area contributed by atoms with Gasteiger partial charge in [-0.15, -0.1) is 0 Å². The van der Waals surface area contributed by atoms with E-state index < -0.39 is 35.1 Å². The van der Waals surface area contributed by atoms with Crippen molar-refractivity contribution in [1.29, 1.82) is 0 Å². The van der Waals surface area contributed by atoms with Gasteiger partial charge in [0.25, 0.3) is 17.9 Å². The van der Waals surface area contributed by atoms with Crippen LogP contribution in [0.3, 0.4) is 0 Å². The number of furan rings is 2. The van der Waals surface area contributed by atoms with Gasteiger partial charge in [-0.25, -0.2) is 18.7 Å². The summed E-state index contributed by atoms with van der Waals surface area (Å²) in [4.78, 5) is 23.6. The molecule has 0 aliphatic carbocycles. The lowest BCUT2D eigenvalue weighted by Crippen LogP contribution is -2.16. The van der Waals surface area contributed by atoms with E-state index in [-0.39, 0.29) is 5.82 Å². The summed E-state index contributed by atoms with van der Waals surface area (Å²) in [6.07, 6.45) is 4.72. The molecule has 0 unspecified atom stereocenters. The molecule has 0 spiro atoms. The van der Waals surface area contributed by atoms with Crippen molar-refractivity contribution in [3.05, 3.63) is 126 Å². The Morgan fingerprint density at radius 3 is 1.70 bits per heavy atom. The first-order chi connectivity index (χ1) is 22.0. The molecule has 0 radical (unpaired) electrons. The van der Waals surface area contributed by atoms with Crippen molar-refractivity contribution in [2.24, 2.45) is 0 Å². The van der Waals surface area contributed by atoms with Crippen molar-refractivity contribution in [2.45, 2.75) is 13.8 Å². The second kappa shape index (κ2) is 12.2. The topological polar surface area (TPSA) is 120 Å². The number of anilines is 2. The van der Waals surface area contributed by atoms with E-state index >= 15 is 0 Å². The summed E-state index contributed by atoms with van der Waals surface area (Å²) in [5.74, 6) is -2.50. The maximum absolute atomic E-state index is 13.6. The van der Waals surface area contributed by atoms with E-state index in [1.54, 1.807) is 30.5 Å². The van der Waals surface area contributed by atoms with Crippen LogP contribution in [0.1, 0.15) is 21.5 Å². The third kappa shape index (κ3) is 6.13. The fourth-order valence-corrected chi connectivity index (χ4v) is 4.93. The summed E-state index contributed by atoms with van der Waals surface area (Å²) in [7, 11) is 0. The van der Waals surface area contributed by atoms with Gasteiger partial charge in [0.2, 0.25) is 0 Å². The molecule has 5 heterocycles. The van der Waals surface area contributed by atoms with Gasteiger partial charge >= 0.3 is 0 Å². The zero-order valence-electron chi connectivity index (χ0n) is 24.2. The van der Waals surface area contributed by atoms with Crippen LogP contribution in [-0.4, -0.2) is 20.9 Å². The van der Waals surface area contributed by atoms with E-state index in [1.165, 1.54) is 24.4 Å². The van der Waals surface area contributed by atoms with Crippen molar-refractivity contribution < 1.29 is 31.2 Å². The van der Waals surface area contributed by atoms with Crippen molar-refractivity contribution in [3.63, 3.8) is 0 Å². The maximum atomic E-state index is 13.6. The number of hydrogen-bond donors (Lipinski definition) is 2. The molecular weight excluding hydrogens is 602 g/mol. The minimum Gasteiger partial charge on any atom is -0.431 e. The molecule has 8 nitrogen and oxygen atoms in total. The molecule has 0 bridgehead atoms. The normalized spacial score (nSPS) is 11.0. The van der Waals surface area contributed by atoms with Gasteiger partial charge in [0.05, 0.1) is 12.4 Å². The van der Waals surface area contributed by atoms with Gasteiger partial charge in [0.15, 0.2) is 11.6 Å². The highest BCUT2D eigenvalue weighted by Gasteiger charge is 2.18. The third-order valence-corrected chi connectivity index (χ3v) is 7.16. The molecule has 0 saturated carbocycles. The van der Waals surface area contributed by atoms with Crippen LogP contribution in [-0.2, 0) is 0 Å². The van der Waals surface area contributed by atoms with Crippen molar-refractivity contribution in [3.8, 4) is 22.3 Å². The molecule has 230 valence electrons. The second-order valence-electron chi connectivity index (χ2n) is 10.3. The molecule has 7 rings (SSSR count). The predicted octanol–water partition coefficient (Wildman–Crippen LogP) is 8.39. The number of fused-ring (bicyclic) bond motifs is 2. The van der Waals surface area contributed by atoms with E-state index in [0.29, 0.717) is 22.4 Å². The summed E-state index contributed by atoms with van der Waals surface area (Å²) in [6.45, 7) is 3.80. The number of aromatic nitrogens is 3. The first-order valence-corrected chi connectivity index (χ1v) is 13.7. The van der Waals surface area contributed by atoms with Gasteiger partial charge in [0.1, 0.15) is 28.4 Å². The van der Waals surface area contributed by atoms with E-state index in [2.05, 4.69) is 20.3 Å². The van der Waals surface area contributed by atoms with E-state index in [1.807, 2.05) is 32.0 Å². The summed E-state index contributed by atoms with van der Waals surface area (Å²) < 4.78 is 63.5. The van der Waals surface area contributed by atoms with Crippen LogP contribution in [0.15, 0.2) is 94.3 Å². The van der Waals surface area contributed by atoms with E-state index in [4.69, 9.17) is 14.6 Å². The molecule has 0 aliphatic heterocycles. The third-order valence-electron chi connectivity index (χ3n) is 7.16. The number of halogens is 4. The Hall–Kier alpha value is -6.04. The first-order valence-electron chi connectivity index (χ1n) is 13.7. The average molecular weight is 626 g/mol. The lowest BCUT2D eigenvalue weighted by Gasteiger charge is -2.09. The van der Waals surface area contributed by atoms with Crippen LogP contribution in [0, 0.1) is 37.5 Å². The molecule has 46 heavy (non-hydrogen) atoms. The molecule has 0 atom stereocenters. The Morgan fingerprint density at radius 2 is 1.22 bits per heavy atom. The molecule has 0 saturated heterocycles. The van der Waals surface area contributed by atoms with Crippen LogP contribution in [0.5, 0.6) is 0 Å². The van der Waals surface area contributed by atoms with Crippen LogP contribution in [0.25, 0.3) is 44.2 Å². The van der Waals surface area contributed by atoms with Crippen molar-refractivity contribution >= 4 is 39.5 Å². The van der Waals surface area contributed by atoms with Gasteiger partial charge < -0.3 is 19.9 Å². The number of amides is 1. The van der Waals surface area contributed by atoms with Gasteiger partial charge in [-0.2, -0.15) is 8.78 Å². The molecule has 1 amide bonds. The maximum Gasteiger partial charge on any atom is 0.278 e. The van der Waals surface area contributed by atoms with Crippen LogP contribution in [0.4, 0.5) is 29.2 Å². The number of aryl methyl sites for hydroxylation is 2. The Labute approximate surface area is 258 Å². The number of carbonyl (C=O) groups is 1. The van der Waals surface area contributed by atoms with E-state index in [0.717, 1.165) is 51.2 Å². The largest absolute Gasteiger partial charge is 0.431 e. The lowest BCUT2D eigenvalue weighted by atomic mass is 10.0. The Kier molecular flexibility index (Phi) is 7.93. The zero-order chi connectivity index (χ0) is 32.5. The summed E-state index contributed by atoms with van der Waals surface area (Å²) in [6, 6.07) is 15.5. The van der Waals surface area contributed by atoms with Crippen LogP contribution in [0.2, 0.25) is 0 Å². The lowest BCUT2D eigenvalue weighted by molar-refractivity contribution is 0.101. The minimum absolute atomic E-state index is 0.123. The smallest absolute Gasteiger partial charge is 0.278 e. The van der Waals surface area contributed by atoms with Crippen molar-refractivity contribution in [2.75, 3.05) is 11.1 Å². The standard InChI is InChI=1S/C20H12F3N3O2.C14H11FN2O/c1-10-4-16-12(6-17(23)28-16)5-13(10)11-2-3-18(25-7-11)26-20(27)19-14(21)8-24-9-15(19)22;1-8-4-12-10(6-13(15)18-12)5-11(8)9-2-3-14(16)17-7-9/h2-9H,1H3,(H,25,26,27);2-7H,1H3,(H2,16,17). The number of hydrogen-bond acceptors (Lipinski definition) is 7. The molecule has 2 aromatic carbocycles. The van der Waals surface area contributed by atoms with Gasteiger partial charge in [-0.3, -0.25) is 9.78 Å².